The lowest BCUT2D eigenvalue weighted by Gasteiger charge is -1.92. The average Bonchev–Trinajstić information content (AvgIpc) is 1.63. The van der Waals surface area contributed by atoms with Gasteiger partial charge in [0.1, 0.15) is 0 Å². The van der Waals surface area contributed by atoms with Gasteiger partial charge in [-0.3, -0.25) is 4.79 Å². The van der Waals surface area contributed by atoms with Crippen LogP contribution in [0.4, 0.5) is 0 Å². The Bertz CT molecular complexity index is 176. The first-order valence-corrected chi connectivity index (χ1v) is 3.46. The van der Waals surface area contributed by atoms with E-state index in [1.165, 1.54) is 13.0 Å². The number of allylic oxidation sites excluding steroid dienone is 2. The first kappa shape index (κ1) is 8.21. The molecule has 0 amide bonds. The highest BCUT2D eigenvalue weighted by Crippen LogP contribution is 1.90. The average molecular weight is 140 g/mol. The van der Waals surface area contributed by atoms with Crippen molar-refractivity contribution in [2.24, 2.45) is 0 Å². The maximum atomic E-state index is 10.3. The zero-order valence-electron chi connectivity index (χ0n) is 5.47. The molecule has 0 atom stereocenters. The molecule has 0 rings (SSSR count). The topological polar surface area (TPSA) is 26.3 Å². The molecule has 9 heavy (non-hydrogen) atoms. The summed E-state index contributed by atoms with van der Waals surface area (Å²) in [6.07, 6.45) is 1.40. The second-order valence-corrected chi connectivity index (χ2v) is 2.03. The van der Waals surface area contributed by atoms with Crippen LogP contribution >= 0.6 is 0 Å². The fraction of sp³-hybridized carbons (Fsp3) is 0.333. The van der Waals surface area contributed by atoms with Gasteiger partial charge in [-0.05, 0) is 13.8 Å². The van der Waals surface area contributed by atoms with Gasteiger partial charge in [0.2, 0.25) is 9.20 Å². The van der Waals surface area contributed by atoms with Crippen LogP contribution in [-0.2, 0) is 9.22 Å². The molecule has 0 aliphatic rings. The maximum absolute atomic E-state index is 10.3. The Hall–Kier alpha value is -0.793. The van der Waals surface area contributed by atoms with Gasteiger partial charge in [-0.2, -0.15) is 0 Å². The molecule has 0 N–H and O–H groups in total. The third-order valence-corrected chi connectivity index (χ3v) is 1.07. The Kier molecular flexibility index (Phi) is 3.76. The molecule has 0 aromatic carbocycles. The third kappa shape index (κ3) is 5.07. The van der Waals surface area contributed by atoms with Crippen molar-refractivity contribution in [3.8, 4) is 6.00 Å². The maximum Gasteiger partial charge on any atom is 0.245 e. The predicted molar refractivity (Wildman–Crippen MR) is 36.2 cm³/mol. The van der Waals surface area contributed by atoms with Gasteiger partial charge < -0.3 is 4.43 Å². The molecule has 0 bridgehead atoms. The normalized spacial score (nSPS) is 10.1. The number of carbonyl (C=O) groups is 1. The Morgan fingerprint density at radius 2 is 2.22 bits per heavy atom. The van der Waals surface area contributed by atoms with Crippen molar-refractivity contribution in [2.75, 3.05) is 0 Å². The Morgan fingerprint density at radius 3 is 2.56 bits per heavy atom. The molecule has 0 aliphatic carbocycles. The second kappa shape index (κ2) is 4.12. The minimum atomic E-state index is -0.0829. The molecular formula is C6H8O2Si. The molecule has 0 aromatic rings. The third-order valence-electron chi connectivity index (χ3n) is 0.626. The summed E-state index contributed by atoms with van der Waals surface area (Å²) in [5.41, 5.74) is 0. The Balaban J connectivity index is 3.88. The van der Waals surface area contributed by atoms with Crippen molar-refractivity contribution >= 4 is 15.0 Å². The fourth-order valence-corrected chi connectivity index (χ4v) is 0.653. The van der Waals surface area contributed by atoms with E-state index in [2.05, 4.69) is 0 Å². The molecule has 0 unspecified atom stereocenters. The van der Waals surface area contributed by atoms with Crippen LogP contribution in [-0.4, -0.2) is 15.0 Å². The van der Waals surface area contributed by atoms with Gasteiger partial charge in [-0.25, -0.2) is 0 Å². The van der Waals surface area contributed by atoms with Crippen LogP contribution in [0.3, 0.4) is 0 Å². The summed E-state index contributed by atoms with van der Waals surface area (Å²) >= 11 is 0. The largest absolute Gasteiger partial charge is 0.471 e. The van der Waals surface area contributed by atoms with Crippen LogP contribution in [0, 0.1) is 6.00 Å². The Labute approximate surface area is 56.7 Å². The Morgan fingerprint density at radius 1 is 1.67 bits per heavy atom. The molecule has 0 fully saturated rings. The van der Waals surface area contributed by atoms with Crippen LogP contribution < -0.4 is 0 Å². The van der Waals surface area contributed by atoms with E-state index >= 15 is 0 Å². The van der Waals surface area contributed by atoms with Crippen molar-refractivity contribution in [1.82, 2.24) is 0 Å². The molecule has 0 spiro atoms. The summed E-state index contributed by atoms with van der Waals surface area (Å²) in [5.74, 6) is 0.550. The zero-order chi connectivity index (χ0) is 7.28. The van der Waals surface area contributed by atoms with Gasteiger partial charge in [0.15, 0.2) is 5.78 Å². The van der Waals surface area contributed by atoms with Crippen molar-refractivity contribution < 1.29 is 9.22 Å². The molecule has 0 aliphatic heterocycles. The van der Waals surface area contributed by atoms with Crippen LogP contribution in [0.5, 0.6) is 0 Å². The minimum absolute atomic E-state index is 0.0225. The number of carbonyl (C=O) groups excluding carboxylic acids is 1. The van der Waals surface area contributed by atoms with E-state index in [9.17, 15) is 4.79 Å². The van der Waals surface area contributed by atoms with E-state index in [4.69, 9.17) is 10.4 Å². The highest BCUT2D eigenvalue weighted by Gasteiger charge is 1.87. The first-order valence-electron chi connectivity index (χ1n) is 2.48. The van der Waals surface area contributed by atoms with Gasteiger partial charge in [0.25, 0.3) is 0 Å². The van der Waals surface area contributed by atoms with E-state index in [0.717, 1.165) is 0 Å². The lowest BCUT2D eigenvalue weighted by Crippen LogP contribution is -1.88. The lowest BCUT2D eigenvalue weighted by atomic mass is 10.4. The molecule has 0 heterocycles. The van der Waals surface area contributed by atoms with E-state index in [-0.39, 0.29) is 15.0 Å². The molecular weight excluding hydrogens is 132 g/mol. The van der Waals surface area contributed by atoms with Crippen LogP contribution in [0.15, 0.2) is 11.8 Å². The van der Waals surface area contributed by atoms with Crippen LogP contribution in [0.2, 0.25) is 0 Å². The summed E-state index contributed by atoms with van der Waals surface area (Å²) in [6, 6.07) is 5.06. The van der Waals surface area contributed by atoms with E-state index in [0.29, 0.717) is 5.76 Å². The highest BCUT2D eigenvalue weighted by atomic mass is 28.2. The van der Waals surface area contributed by atoms with Crippen molar-refractivity contribution in [3.63, 3.8) is 0 Å². The zero-order valence-corrected chi connectivity index (χ0v) is 6.47. The molecule has 0 radical (unpaired) electrons. The van der Waals surface area contributed by atoms with Gasteiger partial charge >= 0.3 is 0 Å². The highest BCUT2D eigenvalue weighted by molar-refractivity contribution is 6.12. The first-order chi connectivity index (χ1) is 4.16. The van der Waals surface area contributed by atoms with Gasteiger partial charge in [0.05, 0.1) is 5.76 Å². The van der Waals surface area contributed by atoms with Crippen molar-refractivity contribution in [2.45, 2.75) is 13.8 Å². The number of hydrogen-bond acceptors (Lipinski definition) is 2. The number of ketones is 1. The van der Waals surface area contributed by atoms with Gasteiger partial charge in [0, 0.05) is 6.08 Å². The number of rotatable bonds is 2. The monoisotopic (exact) mass is 140 g/mol. The fourth-order valence-electron chi connectivity index (χ4n) is 0.409. The van der Waals surface area contributed by atoms with Crippen molar-refractivity contribution in [1.29, 1.82) is 0 Å². The summed E-state index contributed by atoms with van der Waals surface area (Å²) in [7, 11) is -0.0829. The van der Waals surface area contributed by atoms with Crippen molar-refractivity contribution in [3.05, 3.63) is 11.8 Å². The summed E-state index contributed by atoms with van der Waals surface area (Å²) in [5, 5.41) is 0. The lowest BCUT2D eigenvalue weighted by molar-refractivity contribution is -0.112. The molecule has 0 aromatic heterocycles. The summed E-state index contributed by atoms with van der Waals surface area (Å²) < 4.78 is 4.80. The number of hydrogen-bond donors (Lipinski definition) is 0. The van der Waals surface area contributed by atoms with E-state index in [1.807, 2.05) is 0 Å². The van der Waals surface area contributed by atoms with Crippen LogP contribution in [0.1, 0.15) is 13.8 Å². The minimum Gasteiger partial charge on any atom is -0.471 e. The summed E-state index contributed by atoms with van der Waals surface area (Å²) in [4.78, 5) is 10.3. The standard InChI is InChI=1S/C6H8O2Si/c1-5(7)4-6(2)8-9-3/h3-4H,1-2H3/b6-4+. The molecule has 0 saturated carbocycles. The SMILES string of the molecule is C#[Si]O/C(C)=C/C(C)=O. The predicted octanol–water partition coefficient (Wildman–Crippen LogP) is 0.704. The second-order valence-electron chi connectivity index (χ2n) is 1.59. The van der Waals surface area contributed by atoms with Crippen LogP contribution in [0.25, 0.3) is 0 Å². The van der Waals surface area contributed by atoms with E-state index < -0.39 is 0 Å². The quantitative estimate of drug-likeness (QED) is 0.321. The molecule has 3 heteroatoms. The molecule has 48 valence electrons. The van der Waals surface area contributed by atoms with E-state index in [1.54, 1.807) is 6.92 Å². The molecule has 0 saturated heterocycles. The van der Waals surface area contributed by atoms with Gasteiger partial charge in [-0.15, -0.1) is 6.00 Å². The molecule has 2 nitrogen and oxygen atoms in total. The summed E-state index contributed by atoms with van der Waals surface area (Å²) in [6.45, 7) is 3.16. The van der Waals surface area contributed by atoms with Gasteiger partial charge in [-0.1, -0.05) is 0 Å². The smallest absolute Gasteiger partial charge is 0.245 e.